The molecule has 3 aromatic heterocycles. The summed E-state index contributed by atoms with van der Waals surface area (Å²) in [6.07, 6.45) is 3.44. The number of alkyl halides is 2. The van der Waals surface area contributed by atoms with Gasteiger partial charge in [-0.3, -0.25) is 9.48 Å². The van der Waals surface area contributed by atoms with Crippen LogP contribution >= 0.6 is 0 Å². The largest absolute Gasteiger partial charge is 0.380 e. The third kappa shape index (κ3) is 3.53. The SMILES string of the molecule is O=C(Nc1cn(C2CCNCC2)nc1C(F)F)c1cnn2ccc(N3CC4(COC4)C3)nc12. The Morgan fingerprint density at radius 3 is 2.76 bits per heavy atom. The van der Waals surface area contributed by atoms with E-state index in [1.54, 1.807) is 10.9 Å². The Hall–Kier alpha value is -3.12. The lowest BCUT2D eigenvalue weighted by Gasteiger charge is -2.55. The number of aromatic nitrogens is 5. The van der Waals surface area contributed by atoms with E-state index in [1.165, 1.54) is 16.9 Å². The number of carbonyl (C=O) groups excluding carboxylic acids is 1. The van der Waals surface area contributed by atoms with Crippen molar-refractivity contribution in [1.82, 2.24) is 29.7 Å². The predicted molar refractivity (Wildman–Crippen MR) is 115 cm³/mol. The molecule has 3 aliphatic rings. The number of ether oxygens (including phenoxy) is 1. The van der Waals surface area contributed by atoms with Crippen molar-refractivity contribution in [3.63, 3.8) is 0 Å². The number of piperidine rings is 1. The van der Waals surface area contributed by atoms with Crippen LogP contribution in [0.2, 0.25) is 0 Å². The van der Waals surface area contributed by atoms with Crippen LogP contribution in [0.5, 0.6) is 0 Å². The number of hydrogen-bond acceptors (Lipinski definition) is 7. The molecule has 0 atom stereocenters. The van der Waals surface area contributed by atoms with Gasteiger partial charge < -0.3 is 20.3 Å². The highest BCUT2D eigenvalue weighted by Crippen LogP contribution is 2.39. The number of anilines is 2. The molecule has 0 bridgehead atoms. The van der Waals surface area contributed by atoms with Crippen molar-refractivity contribution < 1.29 is 18.3 Å². The molecule has 1 amide bonds. The maximum atomic E-state index is 13.7. The smallest absolute Gasteiger partial charge is 0.284 e. The van der Waals surface area contributed by atoms with E-state index in [-0.39, 0.29) is 22.7 Å². The van der Waals surface area contributed by atoms with Crippen LogP contribution in [0.25, 0.3) is 5.65 Å². The summed E-state index contributed by atoms with van der Waals surface area (Å²) in [5.41, 5.74) is 0.405. The van der Waals surface area contributed by atoms with Gasteiger partial charge in [-0.15, -0.1) is 0 Å². The molecule has 0 radical (unpaired) electrons. The number of nitrogens with zero attached hydrogens (tertiary/aromatic N) is 6. The first-order valence-corrected chi connectivity index (χ1v) is 11.1. The Labute approximate surface area is 187 Å². The highest BCUT2D eigenvalue weighted by Gasteiger charge is 2.49. The van der Waals surface area contributed by atoms with Gasteiger partial charge >= 0.3 is 0 Å². The number of rotatable bonds is 5. The molecule has 3 aromatic rings. The van der Waals surface area contributed by atoms with Crippen LogP contribution in [0.1, 0.15) is 41.4 Å². The quantitative estimate of drug-likeness (QED) is 0.602. The molecule has 6 heterocycles. The first-order chi connectivity index (χ1) is 16.0. The number of amides is 1. The van der Waals surface area contributed by atoms with Crippen molar-refractivity contribution in [2.24, 2.45) is 5.41 Å². The molecular formula is C21H24F2N8O2. The predicted octanol–water partition coefficient (Wildman–Crippen LogP) is 1.88. The second-order valence-electron chi connectivity index (χ2n) is 9.11. The maximum absolute atomic E-state index is 13.7. The van der Waals surface area contributed by atoms with E-state index in [4.69, 9.17) is 4.74 Å². The zero-order chi connectivity index (χ0) is 22.6. The van der Waals surface area contributed by atoms with Crippen LogP contribution in [0.4, 0.5) is 20.3 Å². The van der Waals surface area contributed by atoms with Crippen LogP contribution in [0.15, 0.2) is 24.7 Å². The normalized spacial score (nSPS) is 20.3. The highest BCUT2D eigenvalue weighted by molar-refractivity contribution is 6.08. The highest BCUT2D eigenvalue weighted by atomic mass is 19.3. The number of fused-ring (bicyclic) bond motifs is 1. The Kier molecular flexibility index (Phi) is 4.80. The Balaban J connectivity index is 1.24. The summed E-state index contributed by atoms with van der Waals surface area (Å²) >= 11 is 0. The molecule has 6 rings (SSSR count). The van der Waals surface area contributed by atoms with Gasteiger partial charge in [0.15, 0.2) is 11.3 Å². The summed E-state index contributed by atoms with van der Waals surface area (Å²) in [6.45, 7) is 4.86. The van der Waals surface area contributed by atoms with E-state index in [0.29, 0.717) is 5.65 Å². The molecule has 33 heavy (non-hydrogen) atoms. The monoisotopic (exact) mass is 458 g/mol. The van der Waals surface area contributed by atoms with Gasteiger partial charge in [-0.25, -0.2) is 18.3 Å². The fourth-order valence-corrected chi connectivity index (χ4v) is 4.81. The third-order valence-electron chi connectivity index (χ3n) is 6.69. The molecule has 12 heteroatoms. The van der Waals surface area contributed by atoms with Gasteiger partial charge in [0.2, 0.25) is 0 Å². The third-order valence-corrected chi connectivity index (χ3v) is 6.69. The summed E-state index contributed by atoms with van der Waals surface area (Å²) in [5, 5.41) is 14.1. The standard InChI is InChI=1S/C21H24F2N8O2/c22-18(23)17-15(8-31(28-17)13-1-4-24-5-2-13)26-20(32)14-7-25-30-6-3-16(27-19(14)30)29-9-21(10-29)11-33-12-21/h3,6-8,13,18,24H,1-2,4-5,9-12H2,(H,26,32). The van der Waals surface area contributed by atoms with E-state index in [2.05, 4.69) is 30.7 Å². The van der Waals surface area contributed by atoms with Gasteiger partial charge in [-0.05, 0) is 32.0 Å². The zero-order valence-corrected chi connectivity index (χ0v) is 17.9. The average Bonchev–Trinajstić information content (AvgIpc) is 3.36. The second-order valence-corrected chi connectivity index (χ2v) is 9.11. The van der Waals surface area contributed by atoms with Crippen molar-refractivity contribution in [2.75, 3.05) is 49.6 Å². The first-order valence-electron chi connectivity index (χ1n) is 11.1. The fourth-order valence-electron chi connectivity index (χ4n) is 4.81. The molecule has 174 valence electrons. The van der Waals surface area contributed by atoms with Crippen molar-refractivity contribution in [3.8, 4) is 0 Å². The molecule has 3 aliphatic heterocycles. The Morgan fingerprint density at radius 2 is 2.06 bits per heavy atom. The van der Waals surface area contributed by atoms with Gasteiger partial charge in [0, 0.05) is 25.5 Å². The number of carbonyl (C=O) groups is 1. The molecule has 0 unspecified atom stereocenters. The second kappa shape index (κ2) is 7.73. The average molecular weight is 458 g/mol. The minimum atomic E-state index is -2.80. The fraction of sp³-hybridized carbons (Fsp3) is 0.524. The van der Waals surface area contributed by atoms with Crippen LogP contribution < -0.4 is 15.5 Å². The van der Waals surface area contributed by atoms with Crippen LogP contribution in [-0.4, -0.2) is 69.7 Å². The number of hydrogen-bond donors (Lipinski definition) is 2. The summed E-state index contributed by atoms with van der Waals surface area (Å²) < 4.78 is 35.7. The van der Waals surface area contributed by atoms with Crippen molar-refractivity contribution in [3.05, 3.63) is 35.9 Å². The van der Waals surface area contributed by atoms with Gasteiger partial charge in [0.25, 0.3) is 12.3 Å². The molecule has 0 saturated carbocycles. The van der Waals surface area contributed by atoms with E-state index in [1.807, 2.05) is 6.07 Å². The number of halogens is 2. The molecule has 3 saturated heterocycles. The lowest BCUT2D eigenvalue weighted by Crippen LogP contribution is -2.66. The van der Waals surface area contributed by atoms with Crippen LogP contribution in [0, 0.1) is 5.41 Å². The molecule has 1 spiro atoms. The molecule has 0 aromatic carbocycles. The van der Waals surface area contributed by atoms with Crippen molar-refractivity contribution in [1.29, 1.82) is 0 Å². The first kappa shape index (κ1) is 20.5. The molecule has 10 nitrogen and oxygen atoms in total. The number of nitrogens with one attached hydrogen (secondary N) is 2. The van der Waals surface area contributed by atoms with Gasteiger partial charge in [0.1, 0.15) is 11.4 Å². The van der Waals surface area contributed by atoms with Crippen molar-refractivity contribution >= 4 is 23.1 Å². The van der Waals surface area contributed by atoms with Gasteiger partial charge in [-0.2, -0.15) is 10.2 Å². The van der Waals surface area contributed by atoms with E-state index in [9.17, 15) is 13.6 Å². The lowest BCUT2D eigenvalue weighted by atomic mass is 9.78. The van der Waals surface area contributed by atoms with Gasteiger partial charge in [0.05, 0.1) is 36.6 Å². The summed E-state index contributed by atoms with van der Waals surface area (Å²) in [6, 6.07) is 1.88. The topological polar surface area (TPSA) is 102 Å². The van der Waals surface area contributed by atoms with E-state index < -0.39 is 18.0 Å². The van der Waals surface area contributed by atoms with E-state index >= 15 is 0 Å². The summed E-state index contributed by atoms with van der Waals surface area (Å²) in [4.78, 5) is 19.8. The van der Waals surface area contributed by atoms with Crippen LogP contribution in [-0.2, 0) is 4.74 Å². The maximum Gasteiger partial charge on any atom is 0.284 e. The zero-order valence-electron chi connectivity index (χ0n) is 17.9. The Morgan fingerprint density at radius 1 is 1.27 bits per heavy atom. The summed E-state index contributed by atoms with van der Waals surface area (Å²) in [7, 11) is 0. The molecule has 0 aliphatic carbocycles. The minimum Gasteiger partial charge on any atom is -0.380 e. The Bertz CT molecular complexity index is 1190. The molecule has 2 N–H and O–H groups in total. The van der Waals surface area contributed by atoms with Crippen molar-refractivity contribution in [2.45, 2.75) is 25.3 Å². The lowest BCUT2D eigenvalue weighted by molar-refractivity contribution is -0.127. The van der Waals surface area contributed by atoms with Gasteiger partial charge in [-0.1, -0.05) is 0 Å². The molecule has 3 fully saturated rings. The molecular weight excluding hydrogens is 434 g/mol. The summed E-state index contributed by atoms with van der Waals surface area (Å²) in [5.74, 6) is 0.204. The van der Waals surface area contributed by atoms with E-state index in [0.717, 1.165) is 58.1 Å². The minimum absolute atomic E-state index is 0.0127. The van der Waals surface area contributed by atoms with Crippen LogP contribution in [0.3, 0.4) is 0 Å².